The topological polar surface area (TPSA) is 76.0 Å². The van der Waals surface area contributed by atoms with Crippen molar-refractivity contribution in [3.63, 3.8) is 0 Å². The summed E-state index contributed by atoms with van der Waals surface area (Å²) in [6, 6.07) is 18.1. The molecule has 0 spiro atoms. The summed E-state index contributed by atoms with van der Waals surface area (Å²) in [5, 5.41) is 10.3. The molecule has 0 saturated carbocycles. The first kappa shape index (κ1) is 19.7. The van der Waals surface area contributed by atoms with Gasteiger partial charge < -0.3 is 9.47 Å². The number of hydroxylamine groups is 1. The number of hydrogen-bond donors (Lipinski definition) is 2. The molecule has 28 heavy (non-hydrogen) atoms. The Morgan fingerprint density at radius 1 is 1.11 bits per heavy atom. The molecule has 144 valence electrons. The van der Waals surface area contributed by atoms with Crippen molar-refractivity contribution in [1.82, 2.24) is 10.5 Å². The van der Waals surface area contributed by atoms with Crippen LogP contribution in [-0.4, -0.2) is 22.6 Å². The average Bonchev–Trinajstić information content (AvgIpc) is 2.72. The van der Waals surface area contributed by atoms with E-state index in [1.807, 2.05) is 31.2 Å². The number of aromatic nitrogens is 1. The fourth-order valence-corrected chi connectivity index (χ4v) is 2.67. The van der Waals surface area contributed by atoms with Crippen LogP contribution in [0.15, 0.2) is 71.9 Å². The van der Waals surface area contributed by atoms with E-state index in [-0.39, 0.29) is 5.84 Å². The van der Waals surface area contributed by atoms with E-state index in [9.17, 15) is 5.21 Å². The highest BCUT2D eigenvalue weighted by atomic mass is 35.5. The Kier molecular flexibility index (Phi) is 6.84. The molecule has 3 aromatic rings. The summed E-state index contributed by atoms with van der Waals surface area (Å²) in [7, 11) is 0. The van der Waals surface area contributed by atoms with Gasteiger partial charge in [0, 0.05) is 16.8 Å². The molecule has 2 aromatic carbocycles. The van der Waals surface area contributed by atoms with Gasteiger partial charge in [-0.05, 0) is 49.4 Å². The van der Waals surface area contributed by atoms with E-state index in [0.717, 1.165) is 11.3 Å². The number of hydrogen-bond acceptors (Lipinski definition) is 5. The van der Waals surface area contributed by atoms with E-state index in [4.69, 9.17) is 21.1 Å². The highest BCUT2D eigenvalue weighted by molar-refractivity contribution is 6.30. The van der Waals surface area contributed by atoms with Crippen molar-refractivity contribution in [3.05, 3.63) is 83.0 Å². The first-order valence-corrected chi connectivity index (χ1v) is 9.13. The Morgan fingerprint density at radius 3 is 2.64 bits per heavy atom. The van der Waals surface area contributed by atoms with Crippen LogP contribution in [0.4, 0.5) is 0 Å². The molecule has 0 unspecified atom stereocenters. The van der Waals surface area contributed by atoms with E-state index in [2.05, 4.69) is 15.5 Å². The highest BCUT2D eigenvalue weighted by Crippen LogP contribution is 2.25. The normalized spacial score (nSPS) is 11.2. The summed E-state index contributed by atoms with van der Waals surface area (Å²) in [5.41, 5.74) is 3.57. The average molecular weight is 398 g/mol. The number of para-hydroxylation sites is 1. The van der Waals surface area contributed by atoms with Crippen molar-refractivity contribution in [2.75, 3.05) is 6.61 Å². The van der Waals surface area contributed by atoms with Gasteiger partial charge in [0.1, 0.15) is 11.5 Å². The van der Waals surface area contributed by atoms with E-state index >= 15 is 0 Å². The zero-order valence-electron chi connectivity index (χ0n) is 15.3. The molecular weight excluding hydrogens is 378 g/mol. The lowest BCUT2D eigenvalue weighted by molar-refractivity contribution is 0.234. The molecule has 1 aromatic heterocycles. The van der Waals surface area contributed by atoms with Crippen molar-refractivity contribution in [2.45, 2.75) is 13.5 Å². The van der Waals surface area contributed by atoms with Crippen LogP contribution in [0.3, 0.4) is 0 Å². The number of rotatable bonds is 7. The molecule has 3 rings (SSSR count). The number of amidine groups is 1. The van der Waals surface area contributed by atoms with Crippen molar-refractivity contribution >= 4 is 17.4 Å². The van der Waals surface area contributed by atoms with Crippen molar-refractivity contribution < 1.29 is 14.7 Å². The summed E-state index contributed by atoms with van der Waals surface area (Å²) in [5.74, 6) is 1.88. The molecular formula is C21H20ClN3O3. The molecule has 7 heteroatoms. The molecule has 0 aliphatic heterocycles. The Hall–Kier alpha value is -3.09. The van der Waals surface area contributed by atoms with Crippen LogP contribution < -0.4 is 15.0 Å². The number of benzene rings is 2. The molecule has 0 atom stereocenters. The van der Waals surface area contributed by atoms with Gasteiger partial charge >= 0.3 is 0 Å². The van der Waals surface area contributed by atoms with E-state index in [0.29, 0.717) is 35.4 Å². The van der Waals surface area contributed by atoms with Gasteiger partial charge in [0.2, 0.25) is 5.88 Å². The first-order valence-electron chi connectivity index (χ1n) is 8.75. The van der Waals surface area contributed by atoms with E-state index in [1.165, 1.54) is 0 Å². The SMILES string of the molecule is CCOc1ccccc1CN=C(NO)c1cccnc1Oc1ccc(Cl)cc1. The van der Waals surface area contributed by atoms with Gasteiger partial charge in [-0.1, -0.05) is 29.8 Å². The third-order valence-electron chi connectivity index (χ3n) is 3.84. The van der Waals surface area contributed by atoms with Crippen LogP contribution in [0, 0.1) is 0 Å². The Balaban J connectivity index is 1.86. The lowest BCUT2D eigenvalue weighted by Crippen LogP contribution is -2.21. The molecule has 0 aliphatic carbocycles. The quantitative estimate of drug-likeness (QED) is 0.338. The molecule has 1 heterocycles. The lowest BCUT2D eigenvalue weighted by Gasteiger charge is -2.12. The minimum absolute atomic E-state index is 0.239. The number of pyridine rings is 1. The van der Waals surface area contributed by atoms with Gasteiger partial charge in [-0.15, -0.1) is 0 Å². The summed E-state index contributed by atoms with van der Waals surface area (Å²) in [6.07, 6.45) is 1.61. The molecule has 0 radical (unpaired) electrons. The van der Waals surface area contributed by atoms with Gasteiger partial charge in [0.15, 0.2) is 5.84 Å². The van der Waals surface area contributed by atoms with Crippen LogP contribution in [-0.2, 0) is 6.54 Å². The predicted octanol–water partition coefficient (Wildman–Crippen LogP) is 4.85. The second kappa shape index (κ2) is 9.73. The fraction of sp³-hybridized carbons (Fsp3) is 0.143. The highest BCUT2D eigenvalue weighted by Gasteiger charge is 2.13. The zero-order chi connectivity index (χ0) is 19.8. The number of nitrogens with zero attached hydrogens (tertiary/aromatic N) is 2. The van der Waals surface area contributed by atoms with Crippen molar-refractivity contribution in [2.24, 2.45) is 4.99 Å². The number of ether oxygens (including phenoxy) is 2. The van der Waals surface area contributed by atoms with Gasteiger partial charge in [-0.25, -0.2) is 4.98 Å². The maximum absolute atomic E-state index is 9.64. The largest absolute Gasteiger partial charge is 0.494 e. The monoisotopic (exact) mass is 397 g/mol. The molecule has 6 nitrogen and oxygen atoms in total. The summed E-state index contributed by atoms with van der Waals surface area (Å²) in [6.45, 7) is 2.80. The second-order valence-corrected chi connectivity index (χ2v) is 6.17. The molecule has 0 saturated heterocycles. The van der Waals surface area contributed by atoms with Gasteiger partial charge in [0.05, 0.1) is 18.7 Å². The third kappa shape index (κ3) is 5.00. The maximum Gasteiger partial charge on any atom is 0.230 e. The molecule has 0 bridgehead atoms. The molecule has 0 fully saturated rings. The zero-order valence-corrected chi connectivity index (χ0v) is 16.1. The summed E-state index contributed by atoms with van der Waals surface area (Å²) < 4.78 is 11.5. The summed E-state index contributed by atoms with van der Waals surface area (Å²) in [4.78, 5) is 8.73. The number of aliphatic imine (C=N–C) groups is 1. The minimum atomic E-state index is 0.239. The molecule has 0 amide bonds. The minimum Gasteiger partial charge on any atom is -0.494 e. The Morgan fingerprint density at radius 2 is 1.89 bits per heavy atom. The van der Waals surface area contributed by atoms with Gasteiger partial charge in [-0.2, -0.15) is 0 Å². The Bertz CT molecular complexity index is 946. The Labute approximate surface area is 168 Å². The van der Waals surface area contributed by atoms with Crippen LogP contribution in [0.2, 0.25) is 5.02 Å². The second-order valence-electron chi connectivity index (χ2n) is 5.73. The number of nitrogens with one attached hydrogen (secondary N) is 1. The van der Waals surface area contributed by atoms with Gasteiger partial charge in [0.25, 0.3) is 0 Å². The van der Waals surface area contributed by atoms with E-state index in [1.54, 1.807) is 42.6 Å². The van der Waals surface area contributed by atoms with Crippen molar-refractivity contribution in [1.29, 1.82) is 0 Å². The summed E-state index contributed by atoms with van der Waals surface area (Å²) >= 11 is 5.91. The first-order chi connectivity index (χ1) is 13.7. The van der Waals surface area contributed by atoms with Gasteiger partial charge in [-0.3, -0.25) is 15.7 Å². The van der Waals surface area contributed by atoms with Crippen LogP contribution in [0.1, 0.15) is 18.1 Å². The maximum atomic E-state index is 9.64. The third-order valence-corrected chi connectivity index (χ3v) is 4.09. The lowest BCUT2D eigenvalue weighted by atomic mass is 10.2. The van der Waals surface area contributed by atoms with E-state index < -0.39 is 0 Å². The smallest absolute Gasteiger partial charge is 0.230 e. The van der Waals surface area contributed by atoms with Crippen LogP contribution in [0.25, 0.3) is 0 Å². The standard InChI is InChI=1S/C21H20ClN3O3/c1-2-27-19-8-4-3-6-15(19)14-24-20(25-26)18-7-5-13-23-21(18)28-17-11-9-16(22)10-12-17/h3-13,26H,2,14H2,1H3,(H,24,25). The predicted molar refractivity (Wildman–Crippen MR) is 109 cm³/mol. The van der Waals surface area contributed by atoms with Crippen molar-refractivity contribution in [3.8, 4) is 17.4 Å². The van der Waals surface area contributed by atoms with Crippen LogP contribution >= 0.6 is 11.6 Å². The molecule has 0 aliphatic rings. The molecule has 2 N–H and O–H groups in total. The fourth-order valence-electron chi connectivity index (χ4n) is 2.54. The van der Waals surface area contributed by atoms with Crippen LogP contribution in [0.5, 0.6) is 17.4 Å². The number of halogens is 1.